The first kappa shape index (κ1) is 20.2. The van der Waals surface area contributed by atoms with E-state index in [0.717, 1.165) is 70.6 Å². The summed E-state index contributed by atoms with van der Waals surface area (Å²) in [5.41, 5.74) is 2.11. The molecule has 0 radical (unpaired) electrons. The molecule has 3 aliphatic heterocycles. The highest BCUT2D eigenvalue weighted by atomic mass is 16.2. The molecule has 1 aromatic rings. The van der Waals surface area contributed by atoms with Gasteiger partial charge in [0.05, 0.1) is 6.54 Å². The van der Waals surface area contributed by atoms with Crippen molar-refractivity contribution in [3.63, 3.8) is 0 Å². The molecule has 0 bridgehead atoms. The zero-order valence-electron chi connectivity index (χ0n) is 17.4. The first-order valence-corrected chi connectivity index (χ1v) is 11.3. The first-order chi connectivity index (χ1) is 14.2. The van der Waals surface area contributed by atoms with Gasteiger partial charge in [-0.15, -0.1) is 0 Å². The molecule has 6 heteroatoms. The van der Waals surface area contributed by atoms with Crippen LogP contribution >= 0.6 is 0 Å². The molecule has 2 amide bonds. The van der Waals surface area contributed by atoms with Crippen molar-refractivity contribution in [2.75, 3.05) is 56.0 Å². The number of nitrogens with zero attached hydrogens (tertiary/aromatic N) is 3. The number of amides is 2. The number of piperidine rings is 1. The lowest BCUT2D eigenvalue weighted by Crippen LogP contribution is -2.40. The number of carbonyl (C=O) groups excluding carboxylic acids is 2. The van der Waals surface area contributed by atoms with Gasteiger partial charge in [-0.2, -0.15) is 0 Å². The lowest BCUT2D eigenvalue weighted by molar-refractivity contribution is -0.131. The quantitative estimate of drug-likeness (QED) is 0.801. The minimum Gasteiger partial charge on any atom is -0.372 e. The number of hydrogen-bond acceptors (Lipinski definition) is 4. The summed E-state index contributed by atoms with van der Waals surface area (Å²) >= 11 is 0. The predicted molar refractivity (Wildman–Crippen MR) is 116 cm³/mol. The van der Waals surface area contributed by atoms with Gasteiger partial charge in [0.1, 0.15) is 0 Å². The van der Waals surface area contributed by atoms with E-state index in [1.807, 2.05) is 17.0 Å². The number of benzene rings is 1. The molecule has 0 spiro atoms. The molecule has 3 aliphatic rings. The largest absolute Gasteiger partial charge is 0.372 e. The van der Waals surface area contributed by atoms with E-state index in [2.05, 4.69) is 27.2 Å². The van der Waals surface area contributed by atoms with E-state index in [9.17, 15) is 9.59 Å². The molecule has 3 heterocycles. The predicted octanol–water partition coefficient (Wildman–Crippen LogP) is 2.95. The summed E-state index contributed by atoms with van der Waals surface area (Å²) in [5.74, 6) is 0.849. The summed E-state index contributed by atoms with van der Waals surface area (Å²) in [7, 11) is 0. The minimum absolute atomic E-state index is 0.0468. The van der Waals surface area contributed by atoms with Crippen LogP contribution in [0.15, 0.2) is 24.3 Å². The van der Waals surface area contributed by atoms with E-state index in [4.69, 9.17) is 0 Å². The van der Waals surface area contributed by atoms with E-state index in [-0.39, 0.29) is 5.91 Å². The fourth-order valence-electron chi connectivity index (χ4n) is 4.83. The van der Waals surface area contributed by atoms with E-state index >= 15 is 0 Å². The van der Waals surface area contributed by atoms with E-state index in [1.165, 1.54) is 18.5 Å². The summed E-state index contributed by atoms with van der Waals surface area (Å²) in [6.45, 7) is 6.38. The molecule has 158 valence electrons. The topological polar surface area (TPSA) is 55.9 Å². The van der Waals surface area contributed by atoms with Crippen LogP contribution in [0.5, 0.6) is 0 Å². The van der Waals surface area contributed by atoms with Gasteiger partial charge in [0.25, 0.3) is 0 Å². The van der Waals surface area contributed by atoms with Crippen molar-refractivity contribution in [2.45, 2.75) is 44.9 Å². The number of nitrogens with one attached hydrogen (secondary N) is 1. The van der Waals surface area contributed by atoms with E-state index in [0.29, 0.717) is 24.8 Å². The Morgan fingerprint density at radius 3 is 2.14 bits per heavy atom. The monoisotopic (exact) mass is 398 g/mol. The van der Waals surface area contributed by atoms with Gasteiger partial charge in [0, 0.05) is 44.0 Å². The molecule has 0 aromatic heterocycles. The van der Waals surface area contributed by atoms with Gasteiger partial charge in [-0.05, 0) is 81.8 Å². The Morgan fingerprint density at radius 2 is 1.48 bits per heavy atom. The third-order valence-corrected chi connectivity index (χ3v) is 6.62. The van der Waals surface area contributed by atoms with Crippen molar-refractivity contribution >= 4 is 23.2 Å². The standard InChI is InChI=1S/C23H34N4O2/c28-22(24-20-5-7-21(8-6-20)26-11-1-2-12-26)18-25-15-9-19(10-16-25)17-23(29)27-13-3-4-14-27/h5-8,19H,1-4,9-18H2,(H,24,28). The normalized spacial score (nSPS) is 21.0. The Labute approximate surface area is 174 Å². The minimum atomic E-state index is 0.0468. The Balaban J connectivity index is 1.17. The van der Waals surface area contributed by atoms with Crippen molar-refractivity contribution in [1.29, 1.82) is 0 Å². The Kier molecular flexibility index (Phi) is 6.70. The summed E-state index contributed by atoms with van der Waals surface area (Å²) in [6.07, 6.45) is 7.54. The average molecular weight is 399 g/mol. The van der Waals surface area contributed by atoms with Gasteiger partial charge in [-0.3, -0.25) is 14.5 Å². The SMILES string of the molecule is O=C(CN1CCC(CC(=O)N2CCCC2)CC1)Nc1ccc(N2CCCC2)cc1. The first-order valence-electron chi connectivity index (χ1n) is 11.3. The Bertz CT molecular complexity index is 685. The molecule has 0 unspecified atom stereocenters. The molecule has 6 nitrogen and oxygen atoms in total. The fraction of sp³-hybridized carbons (Fsp3) is 0.652. The van der Waals surface area contributed by atoms with Crippen LogP contribution < -0.4 is 10.2 Å². The third kappa shape index (κ3) is 5.50. The lowest BCUT2D eigenvalue weighted by Gasteiger charge is -2.31. The molecular weight excluding hydrogens is 364 g/mol. The zero-order valence-corrected chi connectivity index (χ0v) is 17.4. The van der Waals surface area contributed by atoms with Crippen LogP contribution in [0.2, 0.25) is 0 Å². The number of likely N-dealkylation sites (tertiary alicyclic amines) is 2. The van der Waals surface area contributed by atoms with Gasteiger partial charge in [-0.25, -0.2) is 0 Å². The number of rotatable bonds is 6. The average Bonchev–Trinajstić information content (AvgIpc) is 3.44. The Morgan fingerprint density at radius 1 is 0.862 bits per heavy atom. The number of hydrogen-bond donors (Lipinski definition) is 1. The molecule has 29 heavy (non-hydrogen) atoms. The smallest absolute Gasteiger partial charge is 0.238 e. The van der Waals surface area contributed by atoms with Crippen molar-refractivity contribution in [3.8, 4) is 0 Å². The second-order valence-corrected chi connectivity index (χ2v) is 8.80. The number of anilines is 2. The maximum absolute atomic E-state index is 12.4. The van der Waals surface area contributed by atoms with Gasteiger partial charge in [-0.1, -0.05) is 0 Å². The van der Waals surface area contributed by atoms with Crippen LogP contribution in [0, 0.1) is 5.92 Å². The van der Waals surface area contributed by atoms with Crippen molar-refractivity contribution < 1.29 is 9.59 Å². The summed E-state index contributed by atoms with van der Waals surface area (Å²) in [4.78, 5) is 31.4. The second kappa shape index (κ2) is 9.61. The number of carbonyl (C=O) groups is 2. The van der Waals surface area contributed by atoms with Crippen LogP contribution in [0.3, 0.4) is 0 Å². The Hall–Kier alpha value is -2.08. The molecule has 3 saturated heterocycles. The fourth-order valence-corrected chi connectivity index (χ4v) is 4.83. The van der Waals surface area contributed by atoms with Crippen molar-refractivity contribution in [1.82, 2.24) is 9.80 Å². The van der Waals surface area contributed by atoms with Crippen LogP contribution in [0.4, 0.5) is 11.4 Å². The summed E-state index contributed by atoms with van der Waals surface area (Å²) in [6, 6.07) is 8.21. The maximum Gasteiger partial charge on any atom is 0.238 e. The van der Waals surface area contributed by atoms with Gasteiger partial charge < -0.3 is 15.1 Å². The molecule has 3 fully saturated rings. The second-order valence-electron chi connectivity index (χ2n) is 8.80. The molecule has 0 atom stereocenters. The van der Waals surface area contributed by atoms with Crippen LogP contribution in [0.25, 0.3) is 0 Å². The summed E-state index contributed by atoms with van der Waals surface area (Å²) in [5, 5.41) is 3.03. The van der Waals surface area contributed by atoms with Crippen LogP contribution in [-0.2, 0) is 9.59 Å². The van der Waals surface area contributed by atoms with Crippen LogP contribution in [-0.4, -0.2) is 67.4 Å². The molecule has 1 aromatic carbocycles. The molecule has 0 saturated carbocycles. The maximum atomic E-state index is 12.4. The molecular formula is C23H34N4O2. The van der Waals surface area contributed by atoms with Crippen LogP contribution in [0.1, 0.15) is 44.9 Å². The zero-order chi connectivity index (χ0) is 20.1. The highest BCUT2D eigenvalue weighted by molar-refractivity contribution is 5.92. The van der Waals surface area contributed by atoms with E-state index < -0.39 is 0 Å². The highest BCUT2D eigenvalue weighted by Crippen LogP contribution is 2.24. The lowest BCUT2D eigenvalue weighted by atomic mass is 9.93. The highest BCUT2D eigenvalue weighted by Gasteiger charge is 2.26. The van der Waals surface area contributed by atoms with Gasteiger partial charge in [0.2, 0.25) is 11.8 Å². The van der Waals surface area contributed by atoms with Gasteiger partial charge >= 0.3 is 0 Å². The third-order valence-electron chi connectivity index (χ3n) is 6.62. The van der Waals surface area contributed by atoms with Crippen molar-refractivity contribution in [3.05, 3.63) is 24.3 Å². The molecule has 1 N–H and O–H groups in total. The molecule has 4 rings (SSSR count). The summed E-state index contributed by atoms with van der Waals surface area (Å²) < 4.78 is 0. The van der Waals surface area contributed by atoms with E-state index in [1.54, 1.807) is 0 Å². The van der Waals surface area contributed by atoms with Gasteiger partial charge in [0.15, 0.2) is 0 Å². The van der Waals surface area contributed by atoms with Crippen molar-refractivity contribution in [2.24, 2.45) is 5.92 Å². The molecule has 0 aliphatic carbocycles.